The zero-order valence-electron chi connectivity index (χ0n) is 15.4. The van der Waals surface area contributed by atoms with E-state index in [1.165, 1.54) is 11.6 Å². The van der Waals surface area contributed by atoms with E-state index in [0.29, 0.717) is 24.0 Å². The SMILES string of the molecule is CC(CCc1ccccc1)N[C@H]1CCc2c(ccc(O)c2C(N)=O)[C@@H]1O.Cl. The molecule has 0 saturated heterocycles. The number of primary amides is 1. The number of aryl methyl sites for hydroxylation is 1. The Labute approximate surface area is 166 Å². The summed E-state index contributed by atoms with van der Waals surface area (Å²) >= 11 is 0. The summed E-state index contributed by atoms with van der Waals surface area (Å²) in [4.78, 5) is 11.6. The predicted octanol–water partition coefficient (Wildman–Crippen LogP) is 2.87. The molecule has 3 rings (SSSR count). The molecule has 0 bridgehead atoms. The quantitative estimate of drug-likeness (QED) is 0.609. The summed E-state index contributed by atoms with van der Waals surface area (Å²) in [5.74, 6) is -0.778. The molecule has 0 spiro atoms. The minimum Gasteiger partial charge on any atom is -0.507 e. The average molecular weight is 391 g/mol. The highest BCUT2D eigenvalue weighted by Gasteiger charge is 2.32. The third-order valence-electron chi connectivity index (χ3n) is 5.19. The standard InChI is InChI=1S/C21H26N2O3.ClH/c1-13(7-8-14-5-3-2-4-6-14)23-17-11-9-15-16(20(17)25)10-12-18(24)19(15)21(22)26;/h2-6,10,12-13,17,20,23-25H,7-9,11H2,1H3,(H2,22,26);1H/t13?,17-,20-;/m0./s1. The molecule has 0 aromatic heterocycles. The Morgan fingerprint density at radius 3 is 2.63 bits per heavy atom. The molecule has 146 valence electrons. The van der Waals surface area contributed by atoms with E-state index in [-0.39, 0.29) is 35.8 Å². The van der Waals surface area contributed by atoms with Crippen molar-refractivity contribution >= 4 is 18.3 Å². The Kier molecular flexibility index (Phi) is 7.25. The van der Waals surface area contributed by atoms with E-state index in [1.807, 2.05) is 18.2 Å². The molecule has 2 aromatic rings. The number of aromatic hydroxyl groups is 1. The molecular formula is C21H27ClN2O3. The topological polar surface area (TPSA) is 95.6 Å². The molecule has 0 radical (unpaired) electrons. The smallest absolute Gasteiger partial charge is 0.252 e. The molecule has 5 N–H and O–H groups in total. The number of fused-ring (bicyclic) bond motifs is 1. The van der Waals surface area contributed by atoms with E-state index < -0.39 is 12.0 Å². The van der Waals surface area contributed by atoms with Crippen LogP contribution < -0.4 is 11.1 Å². The van der Waals surface area contributed by atoms with Crippen molar-refractivity contribution in [2.75, 3.05) is 0 Å². The zero-order valence-corrected chi connectivity index (χ0v) is 16.2. The Morgan fingerprint density at radius 1 is 1.26 bits per heavy atom. The van der Waals surface area contributed by atoms with Crippen molar-refractivity contribution in [3.8, 4) is 5.75 Å². The Balaban J connectivity index is 0.00000261. The average Bonchev–Trinajstić information content (AvgIpc) is 2.62. The first-order valence-electron chi connectivity index (χ1n) is 9.10. The molecule has 1 amide bonds. The van der Waals surface area contributed by atoms with Crippen LogP contribution in [0.25, 0.3) is 0 Å². The van der Waals surface area contributed by atoms with Gasteiger partial charge in [0.1, 0.15) is 5.75 Å². The van der Waals surface area contributed by atoms with Crippen LogP contribution in [0.2, 0.25) is 0 Å². The fourth-order valence-electron chi connectivity index (χ4n) is 3.80. The minimum atomic E-state index is -0.725. The summed E-state index contributed by atoms with van der Waals surface area (Å²) in [6, 6.07) is 13.6. The highest BCUT2D eigenvalue weighted by molar-refractivity contribution is 5.97. The maximum atomic E-state index is 11.6. The Bertz CT molecular complexity index is 782. The highest BCUT2D eigenvalue weighted by Crippen LogP contribution is 2.35. The second kappa shape index (κ2) is 9.22. The number of aliphatic hydroxyl groups excluding tert-OH is 1. The molecule has 0 saturated carbocycles. The maximum absolute atomic E-state index is 11.6. The summed E-state index contributed by atoms with van der Waals surface area (Å²) in [5, 5.41) is 24.2. The normalized spacial score (nSPS) is 19.6. The second-order valence-electron chi connectivity index (χ2n) is 7.07. The van der Waals surface area contributed by atoms with Crippen LogP contribution in [0.1, 0.15) is 52.9 Å². The number of amides is 1. The fourth-order valence-corrected chi connectivity index (χ4v) is 3.80. The number of hydrogen-bond donors (Lipinski definition) is 4. The van der Waals surface area contributed by atoms with Gasteiger partial charge in [-0.25, -0.2) is 0 Å². The summed E-state index contributed by atoms with van der Waals surface area (Å²) in [6.45, 7) is 2.12. The monoisotopic (exact) mass is 390 g/mol. The van der Waals surface area contributed by atoms with Crippen molar-refractivity contribution in [1.29, 1.82) is 0 Å². The molecule has 0 aliphatic heterocycles. The minimum absolute atomic E-state index is 0. The van der Waals surface area contributed by atoms with Crippen molar-refractivity contribution in [3.05, 3.63) is 64.7 Å². The predicted molar refractivity (Wildman–Crippen MR) is 108 cm³/mol. The number of rotatable bonds is 6. The number of hydrogen-bond acceptors (Lipinski definition) is 4. The first-order valence-corrected chi connectivity index (χ1v) is 9.10. The summed E-state index contributed by atoms with van der Waals surface area (Å²) in [7, 11) is 0. The number of carbonyl (C=O) groups excluding carboxylic acids is 1. The van der Waals surface area contributed by atoms with Crippen molar-refractivity contribution < 1.29 is 15.0 Å². The van der Waals surface area contributed by atoms with Gasteiger partial charge in [0.05, 0.1) is 11.7 Å². The van der Waals surface area contributed by atoms with Crippen molar-refractivity contribution in [3.63, 3.8) is 0 Å². The highest BCUT2D eigenvalue weighted by atomic mass is 35.5. The van der Waals surface area contributed by atoms with Crippen molar-refractivity contribution in [1.82, 2.24) is 5.32 Å². The molecule has 27 heavy (non-hydrogen) atoms. The van der Waals surface area contributed by atoms with Crippen LogP contribution in [-0.2, 0) is 12.8 Å². The fraction of sp³-hybridized carbons (Fsp3) is 0.381. The van der Waals surface area contributed by atoms with E-state index >= 15 is 0 Å². The van der Waals surface area contributed by atoms with Gasteiger partial charge in [0.25, 0.3) is 5.91 Å². The van der Waals surface area contributed by atoms with E-state index in [4.69, 9.17) is 5.73 Å². The number of phenols is 1. The van der Waals surface area contributed by atoms with Gasteiger partial charge in [-0.3, -0.25) is 4.79 Å². The van der Waals surface area contributed by atoms with Crippen molar-refractivity contribution in [2.45, 2.75) is 50.8 Å². The van der Waals surface area contributed by atoms with E-state index in [0.717, 1.165) is 12.8 Å². The molecule has 0 heterocycles. The molecule has 6 heteroatoms. The lowest BCUT2D eigenvalue weighted by Crippen LogP contribution is -2.43. The number of carbonyl (C=O) groups is 1. The van der Waals surface area contributed by atoms with Gasteiger partial charge in [-0.15, -0.1) is 12.4 Å². The lowest BCUT2D eigenvalue weighted by molar-refractivity contribution is 0.0985. The van der Waals surface area contributed by atoms with Crippen molar-refractivity contribution in [2.24, 2.45) is 5.73 Å². The Hall–Kier alpha value is -2.08. The van der Waals surface area contributed by atoms with Crippen LogP contribution in [-0.4, -0.2) is 28.2 Å². The molecule has 5 nitrogen and oxygen atoms in total. The molecule has 1 aliphatic carbocycles. The summed E-state index contributed by atoms with van der Waals surface area (Å²) in [5.41, 5.74) is 8.18. The van der Waals surface area contributed by atoms with Crippen LogP contribution in [0.3, 0.4) is 0 Å². The first kappa shape index (κ1) is 21.2. The van der Waals surface area contributed by atoms with E-state index in [9.17, 15) is 15.0 Å². The van der Waals surface area contributed by atoms with Gasteiger partial charge in [0.15, 0.2) is 0 Å². The lowest BCUT2D eigenvalue weighted by atomic mass is 9.82. The number of aliphatic hydroxyl groups is 1. The maximum Gasteiger partial charge on any atom is 0.252 e. The summed E-state index contributed by atoms with van der Waals surface area (Å²) in [6.07, 6.45) is 2.52. The molecule has 0 fully saturated rings. The van der Waals surface area contributed by atoms with Gasteiger partial charge in [-0.2, -0.15) is 0 Å². The number of halogens is 1. The first-order chi connectivity index (χ1) is 12.5. The van der Waals surface area contributed by atoms with Gasteiger partial charge in [-0.05, 0) is 55.4 Å². The molecule has 2 aromatic carbocycles. The number of benzene rings is 2. The van der Waals surface area contributed by atoms with Gasteiger partial charge >= 0.3 is 0 Å². The van der Waals surface area contributed by atoms with Gasteiger partial charge < -0.3 is 21.3 Å². The molecule has 1 aliphatic rings. The van der Waals surface area contributed by atoms with Crippen LogP contribution >= 0.6 is 12.4 Å². The van der Waals surface area contributed by atoms with Gasteiger partial charge in [0.2, 0.25) is 0 Å². The Morgan fingerprint density at radius 2 is 1.96 bits per heavy atom. The zero-order chi connectivity index (χ0) is 18.7. The third-order valence-corrected chi connectivity index (χ3v) is 5.19. The van der Waals surface area contributed by atoms with Crippen LogP contribution in [0.15, 0.2) is 42.5 Å². The van der Waals surface area contributed by atoms with Gasteiger partial charge in [0, 0.05) is 12.1 Å². The number of nitrogens with two attached hydrogens (primary N) is 1. The van der Waals surface area contributed by atoms with Gasteiger partial charge in [-0.1, -0.05) is 36.4 Å². The van der Waals surface area contributed by atoms with E-state index in [1.54, 1.807) is 6.07 Å². The molecule has 1 unspecified atom stereocenters. The third kappa shape index (κ3) is 4.80. The summed E-state index contributed by atoms with van der Waals surface area (Å²) < 4.78 is 0. The van der Waals surface area contributed by atoms with Crippen LogP contribution in [0, 0.1) is 0 Å². The number of nitrogens with one attached hydrogen (secondary N) is 1. The van der Waals surface area contributed by atoms with Crippen LogP contribution in [0.4, 0.5) is 0 Å². The molecule has 3 atom stereocenters. The second-order valence-corrected chi connectivity index (χ2v) is 7.07. The van der Waals surface area contributed by atoms with Crippen LogP contribution in [0.5, 0.6) is 5.75 Å². The molecular weight excluding hydrogens is 364 g/mol. The lowest BCUT2D eigenvalue weighted by Gasteiger charge is -2.34. The largest absolute Gasteiger partial charge is 0.507 e. The van der Waals surface area contributed by atoms with E-state index in [2.05, 4.69) is 24.4 Å².